The van der Waals surface area contributed by atoms with Crippen molar-refractivity contribution in [3.05, 3.63) is 59.7 Å². The molecule has 1 fully saturated rings. The fourth-order valence-corrected chi connectivity index (χ4v) is 4.35. The number of hydrogen-bond donors (Lipinski definition) is 1. The molecule has 0 bridgehead atoms. The van der Waals surface area contributed by atoms with Crippen LogP contribution in [0.1, 0.15) is 36.3 Å². The van der Waals surface area contributed by atoms with Crippen molar-refractivity contribution in [2.45, 2.75) is 33.2 Å². The number of aromatic amines is 1. The van der Waals surface area contributed by atoms with Crippen LogP contribution in [0.4, 0.5) is 5.69 Å². The van der Waals surface area contributed by atoms with Gasteiger partial charge < -0.3 is 14.6 Å². The number of nitrogens with zero attached hydrogens (tertiary/aromatic N) is 5. The molecule has 0 saturated carbocycles. The molecule has 1 aliphatic heterocycles. The Hall–Kier alpha value is -3.35. The summed E-state index contributed by atoms with van der Waals surface area (Å²) in [6.45, 7) is 7.46. The number of ether oxygens (including phenoxy) is 1. The van der Waals surface area contributed by atoms with Gasteiger partial charge >= 0.3 is 0 Å². The second-order valence-corrected chi connectivity index (χ2v) is 8.07. The van der Waals surface area contributed by atoms with Crippen molar-refractivity contribution >= 4 is 16.7 Å². The maximum atomic E-state index is 5.50. The number of anilines is 1. The minimum atomic E-state index is 0.118. The van der Waals surface area contributed by atoms with Crippen molar-refractivity contribution in [2.24, 2.45) is 5.92 Å². The number of aryl methyl sites for hydroxylation is 2. The summed E-state index contributed by atoms with van der Waals surface area (Å²) < 4.78 is 5.50. The van der Waals surface area contributed by atoms with Gasteiger partial charge in [0.1, 0.15) is 17.3 Å². The highest BCUT2D eigenvalue weighted by Crippen LogP contribution is 2.42. The van der Waals surface area contributed by atoms with E-state index < -0.39 is 0 Å². The Kier molecular flexibility index (Phi) is 4.46. The highest BCUT2D eigenvalue weighted by atomic mass is 16.5. The molecule has 1 saturated heterocycles. The van der Waals surface area contributed by atoms with Crippen molar-refractivity contribution in [1.29, 1.82) is 0 Å². The predicted octanol–water partition coefficient (Wildman–Crippen LogP) is 4.16. The number of hydrogen-bond acceptors (Lipinski definition) is 5. The van der Waals surface area contributed by atoms with Crippen LogP contribution in [0, 0.1) is 25.8 Å². The lowest BCUT2D eigenvalue weighted by atomic mass is 10.0. The van der Waals surface area contributed by atoms with Crippen LogP contribution in [0.3, 0.4) is 0 Å². The lowest BCUT2D eigenvalue weighted by Crippen LogP contribution is -2.27. The van der Waals surface area contributed by atoms with E-state index in [9.17, 15) is 0 Å². The maximum absolute atomic E-state index is 5.50. The lowest BCUT2D eigenvalue weighted by molar-refractivity contribution is 0.414. The molecular formula is C23H25N6O. The van der Waals surface area contributed by atoms with Crippen LogP contribution in [0.15, 0.2) is 36.7 Å². The van der Waals surface area contributed by atoms with Crippen LogP contribution in [-0.4, -0.2) is 38.6 Å². The first kappa shape index (κ1) is 18.7. The van der Waals surface area contributed by atoms with Crippen molar-refractivity contribution < 1.29 is 4.74 Å². The normalized spacial score (nSPS) is 19.0. The molecule has 2 aromatic carbocycles. The van der Waals surface area contributed by atoms with E-state index in [1.54, 1.807) is 24.3 Å². The molecule has 1 aliphatic rings. The highest BCUT2D eigenvalue weighted by molar-refractivity contribution is 5.77. The highest BCUT2D eigenvalue weighted by Gasteiger charge is 2.36. The minimum Gasteiger partial charge on any atom is -0.497 e. The number of rotatable bonds is 4. The largest absolute Gasteiger partial charge is 0.497 e. The molecule has 4 aromatic rings. The first-order valence-electron chi connectivity index (χ1n) is 10.2. The van der Waals surface area contributed by atoms with Gasteiger partial charge in [0.05, 0.1) is 42.3 Å². The van der Waals surface area contributed by atoms with Gasteiger partial charge in [-0.05, 0) is 55.5 Å². The standard InChI is InChI=1S/C23H25N6O/c1-14-7-10-28(21-13-17(30-4)5-6-20(21)29-24-8-9-25-29)22(14)23-26-18-11-15(2)16(3)12-19(18)27-23/h5,8-9,11-14,22H,7,10H2,1-4H3,(H,26,27)/t14-,22-/m0/s1. The number of imidazole rings is 1. The molecule has 2 atom stereocenters. The van der Waals surface area contributed by atoms with E-state index in [1.165, 1.54) is 11.1 Å². The summed E-state index contributed by atoms with van der Waals surface area (Å²) in [4.78, 5) is 12.6. The van der Waals surface area contributed by atoms with E-state index in [-0.39, 0.29) is 6.04 Å². The van der Waals surface area contributed by atoms with E-state index in [1.807, 2.05) is 12.1 Å². The summed E-state index contributed by atoms with van der Waals surface area (Å²) in [5.41, 5.74) is 6.42. The fourth-order valence-electron chi connectivity index (χ4n) is 4.35. The van der Waals surface area contributed by atoms with Gasteiger partial charge in [-0.15, -0.1) is 4.80 Å². The number of fused-ring (bicyclic) bond motifs is 1. The Morgan fingerprint density at radius 1 is 1.13 bits per heavy atom. The predicted molar refractivity (Wildman–Crippen MR) is 116 cm³/mol. The first-order valence-corrected chi connectivity index (χ1v) is 10.2. The molecule has 0 spiro atoms. The summed E-state index contributed by atoms with van der Waals surface area (Å²) in [5.74, 6) is 2.19. The van der Waals surface area contributed by atoms with Crippen LogP contribution in [-0.2, 0) is 0 Å². The summed E-state index contributed by atoms with van der Waals surface area (Å²) in [7, 11) is 1.67. The molecule has 153 valence electrons. The van der Waals surface area contributed by atoms with Gasteiger partial charge in [-0.1, -0.05) is 6.92 Å². The number of aromatic nitrogens is 5. The zero-order valence-electron chi connectivity index (χ0n) is 17.7. The van der Waals surface area contributed by atoms with E-state index in [0.29, 0.717) is 5.92 Å². The first-order chi connectivity index (χ1) is 14.5. The second-order valence-electron chi connectivity index (χ2n) is 8.07. The molecule has 0 unspecified atom stereocenters. The third-order valence-corrected chi connectivity index (χ3v) is 6.13. The van der Waals surface area contributed by atoms with Crippen LogP contribution >= 0.6 is 0 Å². The zero-order valence-corrected chi connectivity index (χ0v) is 17.7. The molecule has 1 N–H and O–H groups in total. The molecule has 0 amide bonds. The summed E-state index contributed by atoms with van der Waals surface area (Å²) in [6.07, 6.45) is 4.43. The quantitative estimate of drug-likeness (QED) is 0.556. The second kappa shape index (κ2) is 7.16. The van der Waals surface area contributed by atoms with Gasteiger partial charge in [-0.3, -0.25) is 0 Å². The number of H-pyrrole nitrogens is 1. The van der Waals surface area contributed by atoms with Crippen molar-refractivity contribution in [3.63, 3.8) is 0 Å². The number of benzene rings is 2. The van der Waals surface area contributed by atoms with Crippen LogP contribution < -0.4 is 9.64 Å². The third kappa shape index (κ3) is 3.01. The van der Waals surface area contributed by atoms with E-state index >= 15 is 0 Å². The molecule has 2 aromatic heterocycles. The van der Waals surface area contributed by atoms with Gasteiger partial charge in [-0.2, -0.15) is 10.2 Å². The Balaban J connectivity index is 1.63. The maximum Gasteiger partial charge on any atom is 0.130 e. The van der Waals surface area contributed by atoms with Gasteiger partial charge in [0.25, 0.3) is 0 Å². The minimum absolute atomic E-state index is 0.118. The van der Waals surface area contributed by atoms with E-state index in [2.05, 4.69) is 59.1 Å². The van der Waals surface area contributed by atoms with Crippen molar-refractivity contribution in [1.82, 2.24) is 25.0 Å². The van der Waals surface area contributed by atoms with Gasteiger partial charge in [0.2, 0.25) is 0 Å². The van der Waals surface area contributed by atoms with Gasteiger partial charge in [0.15, 0.2) is 0 Å². The van der Waals surface area contributed by atoms with Gasteiger partial charge in [0, 0.05) is 18.7 Å². The zero-order chi connectivity index (χ0) is 20.8. The summed E-state index contributed by atoms with van der Waals surface area (Å²) >= 11 is 0. The Bertz CT molecular complexity index is 1160. The Morgan fingerprint density at radius 3 is 2.67 bits per heavy atom. The molecule has 1 radical (unpaired) electrons. The fraction of sp³-hybridized carbons (Fsp3) is 0.348. The number of methoxy groups -OCH3 is 1. The van der Waals surface area contributed by atoms with Crippen LogP contribution in [0.2, 0.25) is 0 Å². The summed E-state index contributed by atoms with van der Waals surface area (Å²) in [6, 6.07) is 11.6. The van der Waals surface area contributed by atoms with Crippen LogP contribution in [0.5, 0.6) is 5.75 Å². The van der Waals surface area contributed by atoms with E-state index in [4.69, 9.17) is 9.72 Å². The molecule has 7 nitrogen and oxygen atoms in total. The SMILES string of the molecule is COc1c[c]c(-n2nccn2)c(N2CC[C@H](C)[C@H]2c2nc3cc(C)c(C)cc3[nH]2)c1. The summed E-state index contributed by atoms with van der Waals surface area (Å²) in [5, 5.41) is 8.66. The smallest absolute Gasteiger partial charge is 0.130 e. The average Bonchev–Trinajstić information content (AvgIpc) is 3.47. The molecule has 7 heteroatoms. The lowest BCUT2D eigenvalue weighted by Gasteiger charge is -2.29. The third-order valence-electron chi connectivity index (χ3n) is 6.13. The molecule has 0 aliphatic carbocycles. The number of nitrogens with one attached hydrogen (secondary N) is 1. The topological polar surface area (TPSA) is 71.9 Å². The Morgan fingerprint density at radius 2 is 1.90 bits per heavy atom. The molecule has 30 heavy (non-hydrogen) atoms. The molecular weight excluding hydrogens is 376 g/mol. The Labute approximate surface area is 175 Å². The van der Waals surface area contributed by atoms with Gasteiger partial charge in [-0.25, -0.2) is 4.98 Å². The van der Waals surface area contributed by atoms with Crippen LogP contribution in [0.25, 0.3) is 16.7 Å². The molecule has 3 heterocycles. The molecule has 5 rings (SSSR count). The van der Waals surface area contributed by atoms with Crippen molar-refractivity contribution in [3.8, 4) is 11.4 Å². The van der Waals surface area contributed by atoms with Crippen molar-refractivity contribution in [2.75, 3.05) is 18.6 Å². The monoisotopic (exact) mass is 401 g/mol. The van der Waals surface area contributed by atoms with E-state index in [0.717, 1.165) is 46.9 Å². The average molecular weight is 401 g/mol.